The Morgan fingerprint density at radius 2 is 1.87 bits per heavy atom. The fourth-order valence-corrected chi connectivity index (χ4v) is 4.12. The highest BCUT2D eigenvalue weighted by molar-refractivity contribution is 7.90. The number of thiazole rings is 1. The maximum atomic E-state index is 12.2. The Morgan fingerprint density at radius 3 is 2.48 bits per heavy atom. The van der Waals surface area contributed by atoms with Crippen LogP contribution in [0, 0.1) is 0 Å². The first-order valence-electron chi connectivity index (χ1n) is 6.54. The van der Waals surface area contributed by atoms with Gasteiger partial charge in [0, 0.05) is 17.3 Å². The van der Waals surface area contributed by atoms with Gasteiger partial charge in [0.25, 0.3) is 5.91 Å². The summed E-state index contributed by atoms with van der Waals surface area (Å²) in [5, 5.41) is 7.17. The molecule has 8 heteroatoms. The van der Waals surface area contributed by atoms with Crippen LogP contribution >= 0.6 is 22.7 Å². The van der Waals surface area contributed by atoms with Gasteiger partial charge in [0.15, 0.2) is 9.84 Å². The summed E-state index contributed by atoms with van der Waals surface area (Å²) in [6.07, 6.45) is 1.14. The number of anilines is 1. The zero-order valence-electron chi connectivity index (χ0n) is 12.0. The van der Waals surface area contributed by atoms with Crippen molar-refractivity contribution in [1.82, 2.24) is 4.98 Å². The second-order valence-electron chi connectivity index (χ2n) is 4.77. The van der Waals surface area contributed by atoms with Crippen molar-refractivity contribution in [1.29, 1.82) is 0 Å². The van der Waals surface area contributed by atoms with E-state index >= 15 is 0 Å². The Labute approximate surface area is 141 Å². The molecule has 0 bridgehead atoms. The summed E-state index contributed by atoms with van der Waals surface area (Å²) in [5.74, 6) is -0.323. The Kier molecular flexibility index (Phi) is 4.29. The highest BCUT2D eigenvalue weighted by Gasteiger charge is 2.13. The molecule has 2 heterocycles. The van der Waals surface area contributed by atoms with Gasteiger partial charge in [-0.2, -0.15) is 0 Å². The lowest BCUT2D eigenvalue weighted by molar-refractivity contribution is 0.102. The van der Waals surface area contributed by atoms with Crippen molar-refractivity contribution in [3.05, 3.63) is 52.9 Å². The molecule has 0 atom stereocenters. The Bertz CT molecular complexity index is 927. The number of amides is 1. The quantitative estimate of drug-likeness (QED) is 0.768. The van der Waals surface area contributed by atoms with E-state index in [2.05, 4.69) is 10.3 Å². The van der Waals surface area contributed by atoms with Crippen LogP contribution < -0.4 is 5.32 Å². The van der Waals surface area contributed by atoms with Crippen LogP contribution in [0.5, 0.6) is 0 Å². The number of nitrogens with one attached hydrogen (secondary N) is 1. The van der Waals surface area contributed by atoms with Crippen molar-refractivity contribution in [3.63, 3.8) is 0 Å². The van der Waals surface area contributed by atoms with Gasteiger partial charge in [0.2, 0.25) is 0 Å². The van der Waals surface area contributed by atoms with Gasteiger partial charge in [-0.25, -0.2) is 13.4 Å². The summed E-state index contributed by atoms with van der Waals surface area (Å²) in [4.78, 5) is 17.8. The topological polar surface area (TPSA) is 76.1 Å². The van der Waals surface area contributed by atoms with Crippen LogP contribution in [-0.2, 0) is 9.84 Å². The number of carbonyl (C=O) groups is 1. The van der Waals surface area contributed by atoms with Crippen LogP contribution in [0.4, 0.5) is 5.69 Å². The lowest BCUT2D eigenvalue weighted by Crippen LogP contribution is -2.12. The number of benzene rings is 1. The predicted octanol–water partition coefficient (Wildman–Crippen LogP) is 3.53. The molecule has 0 fully saturated rings. The molecule has 0 spiro atoms. The summed E-state index contributed by atoms with van der Waals surface area (Å²) in [5.41, 5.74) is 0.860. The van der Waals surface area contributed by atoms with Crippen LogP contribution in [0.2, 0.25) is 0 Å². The van der Waals surface area contributed by atoms with Crippen LogP contribution in [-0.4, -0.2) is 25.6 Å². The molecule has 0 aliphatic carbocycles. The van der Waals surface area contributed by atoms with E-state index in [4.69, 9.17) is 0 Å². The molecule has 1 N–H and O–H groups in total. The maximum Gasteiger partial charge on any atom is 0.275 e. The minimum Gasteiger partial charge on any atom is -0.321 e. The highest BCUT2D eigenvalue weighted by Crippen LogP contribution is 2.28. The fraction of sp³-hybridized carbons (Fsp3) is 0.0667. The predicted molar refractivity (Wildman–Crippen MR) is 92.9 cm³/mol. The van der Waals surface area contributed by atoms with Crippen molar-refractivity contribution >= 4 is 44.1 Å². The lowest BCUT2D eigenvalue weighted by atomic mass is 10.3. The average Bonchev–Trinajstić information content (AvgIpc) is 3.18. The van der Waals surface area contributed by atoms with Crippen LogP contribution in [0.1, 0.15) is 10.5 Å². The van der Waals surface area contributed by atoms with Gasteiger partial charge in [-0.15, -0.1) is 22.7 Å². The van der Waals surface area contributed by atoms with Gasteiger partial charge in [0.1, 0.15) is 10.7 Å². The smallest absolute Gasteiger partial charge is 0.275 e. The number of rotatable bonds is 4. The molecule has 1 aromatic carbocycles. The van der Waals surface area contributed by atoms with Crippen LogP contribution in [0.3, 0.4) is 0 Å². The summed E-state index contributed by atoms with van der Waals surface area (Å²) < 4.78 is 22.8. The first kappa shape index (κ1) is 15.9. The van der Waals surface area contributed by atoms with E-state index in [-0.39, 0.29) is 10.8 Å². The molecule has 118 valence electrons. The number of sulfone groups is 1. The first-order chi connectivity index (χ1) is 10.9. The second-order valence-corrected chi connectivity index (χ2v) is 8.59. The van der Waals surface area contributed by atoms with Gasteiger partial charge < -0.3 is 5.32 Å². The first-order valence-corrected chi connectivity index (χ1v) is 10.2. The average molecular weight is 364 g/mol. The van der Waals surface area contributed by atoms with E-state index in [1.807, 2.05) is 17.5 Å². The zero-order chi connectivity index (χ0) is 16.4. The van der Waals surface area contributed by atoms with Crippen LogP contribution in [0.15, 0.2) is 52.1 Å². The van der Waals surface area contributed by atoms with Crippen molar-refractivity contribution in [3.8, 4) is 9.88 Å². The molecular weight excluding hydrogens is 352 g/mol. The number of carbonyl (C=O) groups excluding carboxylic acids is 1. The molecule has 23 heavy (non-hydrogen) atoms. The monoisotopic (exact) mass is 364 g/mol. The standard InChI is InChI=1S/C15H12N2O3S3/c1-23(19,20)11-6-4-10(5-7-11)16-14(18)12-9-22-15(17-12)13-3-2-8-21-13/h2-9H,1H3,(H,16,18). The van der Waals surface area contributed by atoms with E-state index in [1.54, 1.807) is 28.8 Å². The van der Waals surface area contributed by atoms with Crippen LogP contribution in [0.25, 0.3) is 9.88 Å². The Morgan fingerprint density at radius 1 is 1.13 bits per heavy atom. The van der Waals surface area contributed by atoms with Gasteiger partial charge in [-0.1, -0.05) is 6.07 Å². The van der Waals surface area contributed by atoms with E-state index in [0.717, 1.165) is 16.1 Å². The third-order valence-corrected chi connectivity index (χ3v) is 6.02. The Balaban J connectivity index is 1.74. The molecule has 0 saturated heterocycles. The molecule has 0 saturated carbocycles. The van der Waals surface area contributed by atoms with E-state index in [1.165, 1.54) is 23.5 Å². The fourth-order valence-electron chi connectivity index (χ4n) is 1.87. The third-order valence-electron chi connectivity index (χ3n) is 3.01. The van der Waals surface area contributed by atoms with Gasteiger partial charge in [0.05, 0.1) is 9.77 Å². The zero-order valence-corrected chi connectivity index (χ0v) is 14.5. The highest BCUT2D eigenvalue weighted by atomic mass is 32.2. The van der Waals surface area contributed by atoms with Gasteiger partial charge >= 0.3 is 0 Å². The largest absolute Gasteiger partial charge is 0.321 e. The number of nitrogens with zero attached hydrogens (tertiary/aromatic N) is 1. The van der Waals surface area contributed by atoms with E-state index in [0.29, 0.717) is 11.4 Å². The maximum absolute atomic E-state index is 12.2. The summed E-state index contributed by atoms with van der Waals surface area (Å²) in [7, 11) is -3.24. The molecule has 0 unspecified atom stereocenters. The normalized spacial score (nSPS) is 11.3. The summed E-state index contributed by atoms with van der Waals surface area (Å²) in [6.45, 7) is 0. The summed E-state index contributed by atoms with van der Waals surface area (Å²) >= 11 is 2.98. The lowest BCUT2D eigenvalue weighted by Gasteiger charge is -2.04. The molecule has 1 amide bonds. The minimum atomic E-state index is -3.24. The number of aromatic nitrogens is 1. The minimum absolute atomic E-state index is 0.212. The number of hydrogen-bond acceptors (Lipinski definition) is 6. The van der Waals surface area contributed by atoms with Crippen molar-refractivity contribution in [2.24, 2.45) is 0 Å². The number of thiophene rings is 1. The molecular formula is C15H12N2O3S3. The molecule has 5 nitrogen and oxygen atoms in total. The van der Waals surface area contributed by atoms with Gasteiger partial charge in [-0.3, -0.25) is 4.79 Å². The van der Waals surface area contributed by atoms with Crippen molar-refractivity contribution < 1.29 is 13.2 Å². The molecule has 3 aromatic rings. The molecule has 0 aliphatic heterocycles. The second kappa shape index (κ2) is 6.23. The third kappa shape index (κ3) is 3.66. The Hall–Kier alpha value is -2.03. The number of hydrogen-bond donors (Lipinski definition) is 1. The van der Waals surface area contributed by atoms with Crippen molar-refractivity contribution in [2.75, 3.05) is 11.6 Å². The van der Waals surface area contributed by atoms with E-state index in [9.17, 15) is 13.2 Å². The molecule has 2 aromatic heterocycles. The van der Waals surface area contributed by atoms with Gasteiger partial charge in [-0.05, 0) is 35.7 Å². The SMILES string of the molecule is CS(=O)(=O)c1ccc(NC(=O)c2csc(-c3cccs3)n2)cc1. The van der Waals surface area contributed by atoms with Crippen molar-refractivity contribution in [2.45, 2.75) is 4.90 Å². The molecule has 3 rings (SSSR count). The summed E-state index contributed by atoms with van der Waals surface area (Å²) in [6, 6.07) is 9.92. The molecule has 0 aliphatic rings. The van der Waals surface area contributed by atoms with E-state index < -0.39 is 9.84 Å². The molecule has 0 radical (unpaired) electrons.